The van der Waals surface area contributed by atoms with Gasteiger partial charge >= 0.3 is 0 Å². The molecular weight excluding hydrogens is 232 g/mol. The van der Waals surface area contributed by atoms with Crippen LogP contribution in [0.1, 0.15) is 78.1 Å². The van der Waals surface area contributed by atoms with Crippen LogP contribution in [-0.4, -0.2) is 29.6 Å². The first-order chi connectivity index (χ1) is 9.25. The molecule has 0 bridgehead atoms. The molecule has 0 aromatic heterocycles. The molecular formula is C17H34N2. The first-order valence-corrected chi connectivity index (χ1v) is 8.72. The van der Waals surface area contributed by atoms with Crippen molar-refractivity contribution in [1.29, 1.82) is 0 Å². The van der Waals surface area contributed by atoms with E-state index in [1.54, 1.807) is 0 Å². The summed E-state index contributed by atoms with van der Waals surface area (Å²) in [5.74, 6) is 0.918. The summed E-state index contributed by atoms with van der Waals surface area (Å²) in [7, 11) is 0. The van der Waals surface area contributed by atoms with Crippen LogP contribution in [0.4, 0.5) is 0 Å². The third-order valence-corrected chi connectivity index (χ3v) is 5.74. The quantitative estimate of drug-likeness (QED) is 0.816. The molecule has 2 nitrogen and oxygen atoms in total. The van der Waals surface area contributed by atoms with E-state index >= 15 is 0 Å². The Morgan fingerprint density at radius 1 is 1.16 bits per heavy atom. The van der Waals surface area contributed by atoms with E-state index in [9.17, 15) is 0 Å². The average Bonchev–Trinajstić information content (AvgIpc) is 2.48. The molecule has 1 aliphatic heterocycles. The van der Waals surface area contributed by atoms with Crippen molar-refractivity contribution in [3.8, 4) is 0 Å². The highest BCUT2D eigenvalue weighted by atomic mass is 15.2. The minimum absolute atomic E-state index is 0.346. The van der Waals surface area contributed by atoms with Crippen molar-refractivity contribution in [1.82, 2.24) is 4.90 Å². The molecule has 2 aliphatic rings. The monoisotopic (exact) mass is 266 g/mol. The molecule has 0 amide bonds. The molecule has 0 spiro atoms. The van der Waals surface area contributed by atoms with Crippen LogP contribution in [0, 0.1) is 5.92 Å². The van der Waals surface area contributed by atoms with Crippen LogP contribution in [-0.2, 0) is 0 Å². The molecule has 2 rings (SSSR count). The summed E-state index contributed by atoms with van der Waals surface area (Å²) < 4.78 is 0. The maximum absolute atomic E-state index is 6.30. The lowest BCUT2D eigenvalue weighted by molar-refractivity contribution is -0.0201. The maximum Gasteiger partial charge on any atom is 0.0337 e. The van der Waals surface area contributed by atoms with Gasteiger partial charge in [-0.05, 0) is 44.6 Å². The Labute approximate surface area is 120 Å². The van der Waals surface area contributed by atoms with Crippen LogP contribution in [0.3, 0.4) is 0 Å². The summed E-state index contributed by atoms with van der Waals surface area (Å²) in [4.78, 5) is 2.86. The Kier molecular flexibility index (Phi) is 5.70. The number of rotatable bonds is 5. The van der Waals surface area contributed by atoms with Gasteiger partial charge < -0.3 is 5.73 Å². The highest BCUT2D eigenvalue weighted by molar-refractivity contribution is 4.99. The van der Waals surface area contributed by atoms with Crippen LogP contribution < -0.4 is 5.73 Å². The van der Waals surface area contributed by atoms with E-state index in [1.807, 2.05) is 0 Å². The summed E-state index contributed by atoms with van der Waals surface area (Å²) in [5, 5.41) is 0. The van der Waals surface area contributed by atoms with Gasteiger partial charge in [-0.2, -0.15) is 0 Å². The highest BCUT2D eigenvalue weighted by Crippen LogP contribution is 2.41. The van der Waals surface area contributed by atoms with Crippen molar-refractivity contribution in [2.75, 3.05) is 13.1 Å². The average molecular weight is 266 g/mol. The fourth-order valence-electron chi connectivity index (χ4n) is 4.63. The Bertz CT molecular complexity index is 264. The second-order valence-corrected chi connectivity index (χ2v) is 6.93. The van der Waals surface area contributed by atoms with Crippen LogP contribution in [0.2, 0.25) is 0 Å². The predicted octanol–water partition coefficient (Wildman–Crippen LogP) is 3.94. The van der Waals surface area contributed by atoms with E-state index in [1.165, 1.54) is 70.8 Å². The van der Waals surface area contributed by atoms with Crippen LogP contribution in [0.15, 0.2) is 0 Å². The van der Waals surface area contributed by atoms with E-state index < -0.39 is 0 Å². The van der Waals surface area contributed by atoms with E-state index in [-0.39, 0.29) is 0 Å². The molecule has 2 heteroatoms. The van der Waals surface area contributed by atoms with Gasteiger partial charge in [-0.15, -0.1) is 0 Å². The Hall–Kier alpha value is -0.0800. The van der Waals surface area contributed by atoms with E-state index in [2.05, 4.69) is 18.7 Å². The minimum Gasteiger partial charge on any atom is -0.329 e. The molecule has 0 aromatic rings. The fourth-order valence-corrected chi connectivity index (χ4v) is 4.63. The molecule has 1 aliphatic carbocycles. The minimum atomic E-state index is 0.346. The van der Waals surface area contributed by atoms with Gasteiger partial charge in [0.2, 0.25) is 0 Å². The largest absolute Gasteiger partial charge is 0.329 e. The van der Waals surface area contributed by atoms with Crippen molar-refractivity contribution in [2.24, 2.45) is 11.7 Å². The molecule has 112 valence electrons. The van der Waals surface area contributed by atoms with Crippen molar-refractivity contribution in [2.45, 2.75) is 89.6 Å². The predicted molar refractivity (Wildman–Crippen MR) is 83.3 cm³/mol. The zero-order chi connectivity index (χ0) is 13.7. The lowest BCUT2D eigenvalue weighted by atomic mass is 9.72. The van der Waals surface area contributed by atoms with Gasteiger partial charge in [0.05, 0.1) is 0 Å². The number of hydrogen-bond donors (Lipinski definition) is 1. The van der Waals surface area contributed by atoms with Gasteiger partial charge in [0.15, 0.2) is 0 Å². The Morgan fingerprint density at radius 3 is 2.68 bits per heavy atom. The second kappa shape index (κ2) is 7.08. The molecule has 0 aromatic carbocycles. The summed E-state index contributed by atoms with van der Waals surface area (Å²) in [6.45, 7) is 6.87. The molecule has 0 radical (unpaired) electrons. The molecule has 2 N–H and O–H groups in total. The third kappa shape index (κ3) is 3.33. The van der Waals surface area contributed by atoms with Crippen LogP contribution in [0.5, 0.6) is 0 Å². The molecule has 2 fully saturated rings. The Balaban J connectivity index is 2.12. The van der Waals surface area contributed by atoms with E-state index in [0.29, 0.717) is 5.54 Å². The number of hydrogen-bond acceptors (Lipinski definition) is 2. The Morgan fingerprint density at radius 2 is 2.00 bits per heavy atom. The van der Waals surface area contributed by atoms with Gasteiger partial charge in [-0.25, -0.2) is 0 Å². The van der Waals surface area contributed by atoms with Crippen molar-refractivity contribution in [3.05, 3.63) is 0 Å². The first kappa shape index (κ1) is 15.3. The molecule has 1 saturated carbocycles. The summed E-state index contributed by atoms with van der Waals surface area (Å²) in [6, 6.07) is 0.818. The van der Waals surface area contributed by atoms with Gasteiger partial charge in [-0.3, -0.25) is 4.90 Å². The van der Waals surface area contributed by atoms with Gasteiger partial charge in [-0.1, -0.05) is 46.0 Å². The number of piperidine rings is 1. The standard InChI is InChI=1S/C17H34N2/c1-3-8-16-10-5-6-12-19(16)17(14-18)11-7-9-15(4-2)13-17/h15-16H,3-14,18H2,1-2H3. The van der Waals surface area contributed by atoms with E-state index in [4.69, 9.17) is 5.73 Å². The summed E-state index contributed by atoms with van der Waals surface area (Å²) in [5.41, 5.74) is 6.65. The first-order valence-electron chi connectivity index (χ1n) is 8.72. The lowest BCUT2D eigenvalue weighted by Gasteiger charge is -2.53. The molecule has 19 heavy (non-hydrogen) atoms. The number of nitrogens with zero attached hydrogens (tertiary/aromatic N) is 1. The van der Waals surface area contributed by atoms with Crippen molar-refractivity contribution < 1.29 is 0 Å². The second-order valence-electron chi connectivity index (χ2n) is 6.93. The molecule has 3 atom stereocenters. The lowest BCUT2D eigenvalue weighted by Crippen LogP contribution is -2.61. The van der Waals surface area contributed by atoms with Gasteiger partial charge in [0.25, 0.3) is 0 Å². The zero-order valence-corrected chi connectivity index (χ0v) is 13.2. The SMILES string of the molecule is CCCC1CCCCN1C1(CN)CCCC(CC)C1. The summed E-state index contributed by atoms with van der Waals surface area (Å²) >= 11 is 0. The van der Waals surface area contributed by atoms with Crippen molar-refractivity contribution >= 4 is 0 Å². The number of likely N-dealkylation sites (tertiary alicyclic amines) is 1. The smallest absolute Gasteiger partial charge is 0.0337 e. The third-order valence-electron chi connectivity index (χ3n) is 5.74. The highest BCUT2D eigenvalue weighted by Gasteiger charge is 2.42. The molecule has 1 heterocycles. The van der Waals surface area contributed by atoms with Crippen LogP contribution in [0.25, 0.3) is 0 Å². The van der Waals surface area contributed by atoms with Gasteiger partial charge in [0, 0.05) is 18.1 Å². The van der Waals surface area contributed by atoms with Gasteiger partial charge in [0.1, 0.15) is 0 Å². The zero-order valence-electron chi connectivity index (χ0n) is 13.2. The van der Waals surface area contributed by atoms with Crippen molar-refractivity contribution in [3.63, 3.8) is 0 Å². The van der Waals surface area contributed by atoms with Crippen LogP contribution >= 0.6 is 0 Å². The van der Waals surface area contributed by atoms with E-state index in [0.717, 1.165) is 18.5 Å². The normalized spacial score (nSPS) is 37.4. The maximum atomic E-state index is 6.30. The topological polar surface area (TPSA) is 29.3 Å². The summed E-state index contributed by atoms with van der Waals surface area (Å²) in [6.07, 6.45) is 13.8. The number of nitrogens with two attached hydrogens (primary N) is 1. The fraction of sp³-hybridized carbons (Fsp3) is 1.00. The molecule has 3 unspecified atom stereocenters. The molecule has 1 saturated heterocycles.